The molecule has 0 saturated carbocycles. The lowest BCUT2D eigenvalue weighted by Gasteiger charge is -2.07. The molecule has 104 valence electrons. The van der Waals surface area contributed by atoms with Gasteiger partial charge < -0.3 is 15.0 Å². The van der Waals surface area contributed by atoms with Gasteiger partial charge in [-0.15, -0.1) is 0 Å². The highest BCUT2D eigenvalue weighted by atomic mass is 16.3. The molecule has 0 aliphatic rings. The van der Waals surface area contributed by atoms with E-state index < -0.39 is 0 Å². The molecule has 1 unspecified atom stereocenters. The van der Waals surface area contributed by atoms with E-state index in [1.165, 1.54) is 16.5 Å². The van der Waals surface area contributed by atoms with E-state index in [1.807, 2.05) is 13.0 Å². The van der Waals surface area contributed by atoms with Crippen LogP contribution in [0.2, 0.25) is 0 Å². The Morgan fingerprint density at radius 3 is 2.63 bits per heavy atom. The van der Waals surface area contributed by atoms with E-state index in [0.717, 1.165) is 13.1 Å². The zero-order chi connectivity index (χ0) is 13.8. The Morgan fingerprint density at radius 1 is 1.21 bits per heavy atom. The molecule has 2 rings (SSSR count). The van der Waals surface area contributed by atoms with Gasteiger partial charge in [0, 0.05) is 30.2 Å². The Balaban J connectivity index is 2.23. The van der Waals surface area contributed by atoms with Crippen LogP contribution in [-0.4, -0.2) is 22.3 Å². The molecule has 2 N–H and O–H groups in total. The molecule has 1 heterocycles. The molecule has 1 atom stereocenters. The Kier molecular flexibility index (Phi) is 4.61. The summed E-state index contributed by atoms with van der Waals surface area (Å²) in [5.41, 5.74) is 2.50. The van der Waals surface area contributed by atoms with E-state index >= 15 is 0 Å². The van der Waals surface area contributed by atoms with Gasteiger partial charge in [0.2, 0.25) is 0 Å². The zero-order valence-corrected chi connectivity index (χ0v) is 12.1. The fraction of sp³-hybridized carbons (Fsp3) is 0.500. The van der Waals surface area contributed by atoms with Crippen molar-refractivity contribution in [2.24, 2.45) is 5.92 Å². The number of rotatable bonds is 6. The lowest BCUT2D eigenvalue weighted by molar-refractivity contribution is 0.175. The average Bonchev–Trinajstić information content (AvgIpc) is 2.67. The predicted octanol–water partition coefficient (Wildman–Crippen LogP) is 2.77. The molecular formula is C16H24N2O. The van der Waals surface area contributed by atoms with Gasteiger partial charge in [-0.3, -0.25) is 0 Å². The lowest BCUT2D eigenvalue weighted by atomic mass is 10.1. The summed E-state index contributed by atoms with van der Waals surface area (Å²) < 4.78 is 2.15. The molecule has 3 nitrogen and oxygen atoms in total. The van der Waals surface area contributed by atoms with Crippen molar-refractivity contribution in [3.8, 4) is 0 Å². The molecule has 0 bridgehead atoms. The molecule has 0 spiro atoms. The van der Waals surface area contributed by atoms with Gasteiger partial charge in [-0.05, 0) is 31.0 Å². The fourth-order valence-electron chi connectivity index (χ4n) is 2.39. The van der Waals surface area contributed by atoms with Gasteiger partial charge in [-0.2, -0.15) is 0 Å². The highest BCUT2D eigenvalue weighted by molar-refractivity contribution is 5.83. The van der Waals surface area contributed by atoms with Crippen molar-refractivity contribution in [2.75, 3.05) is 6.54 Å². The van der Waals surface area contributed by atoms with Gasteiger partial charge in [-0.1, -0.05) is 32.0 Å². The third-order valence-electron chi connectivity index (χ3n) is 3.20. The summed E-state index contributed by atoms with van der Waals surface area (Å²) in [5.74, 6) is 0.658. The number of aromatic nitrogens is 1. The van der Waals surface area contributed by atoms with Crippen LogP contribution < -0.4 is 5.32 Å². The van der Waals surface area contributed by atoms with Crippen LogP contribution in [0.4, 0.5) is 0 Å². The minimum atomic E-state index is -0.327. The maximum Gasteiger partial charge on any atom is 0.0691 e. The summed E-state index contributed by atoms with van der Waals surface area (Å²) in [7, 11) is 0. The van der Waals surface area contributed by atoms with E-state index in [9.17, 15) is 5.11 Å². The number of hydrogen-bond acceptors (Lipinski definition) is 2. The second-order valence-corrected chi connectivity index (χ2v) is 5.70. The predicted molar refractivity (Wildman–Crippen MR) is 80.2 cm³/mol. The van der Waals surface area contributed by atoms with Crippen LogP contribution in [0.25, 0.3) is 10.9 Å². The SMILES string of the molecule is CC(C)CNCc1cn(CC(C)O)c2ccccc12. The molecule has 1 aromatic heterocycles. The van der Waals surface area contributed by atoms with Crippen molar-refractivity contribution in [3.05, 3.63) is 36.0 Å². The summed E-state index contributed by atoms with van der Waals surface area (Å²) in [6.07, 6.45) is 1.83. The molecule has 0 amide bonds. The third kappa shape index (κ3) is 3.58. The Morgan fingerprint density at radius 2 is 1.95 bits per heavy atom. The number of aliphatic hydroxyl groups excluding tert-OH is 1. The largest absolute Gasteiger partial charge is 0.392 e. The van der Waals surface area contributed by atoms with Crippen LogP contribution >= 0.6 is 0 Å². The second kappa shape index (κ2) is 6.22. The van der Waals surface area contributed by atoms with E-state index in [4.69, 9.17) is 0 Å². The first-order valence-corrected chi connectivity index (χ1v) is 7.03. The van der Waals surface area contributed by atoms with Gasteiger partial charge >= 0.3 is 0 Å². The van der Waals surface area contributed by atoms with E-state index in [0.29, 0.717) is 12.5 Å². The minimum Gasteiger partial charge on any atom is -0.392 e. The first-order valence-electron chi connectivity index (χ1n) is 7.03. The summed E-state index contributed by atoms with van der Waals surface area (Å²) in [4.78, 5) is 0. The topological polar surface area (TPSA) is 37.2 Å². The first-order chi connectivity index (χ1) is 9.08. The van der Waals surface area contributed by atoms with Crippen LogP contribution in [0.1, 0.15) is 26.3 Å². The number of nitrogens with zero attached hydrogens (tertiary/aromatic N) is 1. The molecule has 3 heteroatoms. The summed E-state index contributed by atoms with van der Waals surface area (Å²) >= 11 is 0. The summed E-state index contributed by atoms with van der Waals surface area (Å²) in [5, 5.41) is 14.3. The molecule has 2 aromatic rings. The van der Waals surface area contributed by atoms with Gasteiger partial charge in [0.05, 0.1) is 6.10 Å². The van der Waals surface area contributed by atoms with Gasteiger partial charge in [0.15, 0.2) is 0 Å². The third-order valence-corrected chi connectivity index (χ3v) is 3.20. The highest BCUT2D eigenvalue weighted by Gasteiger charge is 2.09. The standard InChI is InChI=1S/C16H24N2O/c1-12(2)8-17-9-14-11-18(10-13(3)19)16-7-5-4-6-15(14)16/h4-7,11-13,17,19H,8-10H2,1-3H3. The molecule has 0 fully saturated rings. The van der Waals surface area contributed by atoms with Crippen LogP contribution in [-0.2, 0) is 13.1 Å². The molecular weight excluding hydrogens is 236 g/mol. The van der Waals surface area contributed by atoms with Crippen LogP contribution in [0.3, 0.4) is 0 Å². The number of aliphatic hydroxyl groups is 1. The first kappa shape index (κ1) is 14.1. The number of fused-ring (bicyclic) bond motifs is 1. The molecule has 1 aromatic carbocycles. The zero-order valence-electron chi connectivity index (χ0n) is 12.1. The number of nitrogens with one attached hydrogen (secondary N) is 1. The Labute approximate surface area is 115 Å². The van der Waals surface area contributed by atoms with Gasteiger partial charge in [-0.25, -0.2) is 0 Å². The maximum absolute atomic E-state index is 9.59. The number of benzene rings is 1. The second-order valence-electron chi connectivity index (χ2n) is 5.70. The van der Waals surface area contributed by atoms with Crippen molar-refractivity contribution in [1.82, 2.24) is 9.88 Å². The van der Waals surface area contributed by atoms with E-state index in [-0.39, 0.29) is 6.10 Å². The maximum atomic E-state index is 9.59. The fourth-order valence-corrected chi connectivity index (χ4v) is 2.39. The van der Waals surface area contributed by atoms with E-state index in [1.54, 1.807) is 0 Å². The lowest BCUT2D eigenvalue weighted by Crippen LogP contribution is -2.18. The van der Waals surface area contributed by atoms with Crippen molar-refractivity contribution >= 4 is 10.9 Å². The molecule has 0 aliphatic carbocycles. The van der Waals surface area contributed by atoms with Crippen molar-refractivity contribution < 1.29 is 5.11 Å². The quantitative estimate of drug-likeness (QED) is 0.838. The molecule has 19 heavy (non-hydrogen) atoms. The Bertz CT molecular complexity index is 529. The Hall–Kier alpha value is -1.32. The average molecular weight is 260 g/mol. The summed E-state index contributed by atoms with van der Waals surface area (Å²) in [6.45, 7) is 8.80. The summed E-state index contributed by atoms with van der Waals surface area (Å²) in [6, 6.07) is 8.39. The van der Waals surface area contributed by atoms with Gasteiger partial charge in [0.25, 0.3) is 0 Å². The minimum absolute atomic E-state index is 0.327. The molecule has 0 saturated heterocycles. The number of hydrogen-bond donors (Lipinski definition) is 2. The molecule has 0 aliphatic heterocycles. The normalized spacial score (nSPS) is 13.3. The van der Waals surface area contributed by atoms with Gasteiger partial charge in [0.1, 0.15) is 0 Å². The highest BCUT2D eigenvalue weighted by Crippen LogP contribution is 2.21. The smallest absolute Gasteiger partial charge is 0.0691 e. The van der Waals surface area contributed by atoms with Crippen molar-refractivity contribution in [2.45, 2.75) is 40.0 Å². The van der Waals surface area contributed by atoms with Crippen LogP contribution in [0.15, 0.2) is 30.5 Å². The number of para-hydroxylation sites is 1. The monoisotopic (exact) mass is 260 g/mol. The van der Waals surface area contributed by atoms with Crippen molar-refractivity contribution in [1.29, 1.82) is 0 Å². The van der Waals surface area contributed by atoms with Crippen molar-refractivity contribution in [3.63, 3.8) is 0 Å². The molecule has 0 radical (unpaired) electrons. The van der Waals surface area contributed by atoms with E-state index in [2.05, 4.69) is 48.1 Å². The van der Waals surface area contributed by atoms with Crippen LogP contribution in [0.5, 0.6) is 0 Å². The van der Waals surface area contributed by atoms with Crippen LogP contribution in [0, 0.1) is 5.92 Å².